The van der Waals surface area contributed by atoms with Gasteiger partial charge in [-0.25, -0.2) is 0 Å². The van der Waals surface area contributed by atoms with Gasteiger partial charge in [0.15, 0.2) is 0 Å². The molecule has 1 aliphatic rings. The lowest BCUT2D eigenvalue weighted by Gasteiger charge is -2.45. The molecule has 0 aromatic carbocycles. The molecule has 0 radical (unpaired) electrons. The summed E-state index contributed by atoms with van der Waals surface area (Å²) in [4.78, 5) is 11.7. The van der Waals surface area contributed by atoms with Crippen LogP contribution in [0, 0.1) is 17.3 Å². The standard InChI is InChI=1S/C16H30O2/c1-7-9-10-15(5,12(3)4)13-11-14(17)18-16(13,6)8-2/h12-13H,7-11H2,1-6H3/t13-,15+,16-/m1/s1. The Bertz CT molecular complexity index is 297. The summed E-state index contributed by atoms with van der Waals surface area (Å²) in [6.45, 7) is 13.4. The Morgan fingerprint density at radius 2 is 2.06 bits per heavy atom. The van der Waals surface area contributed by atoms with Crippen LogP contribution in [0.4, 0.5) is 0 Å². The van der Waals surface area contributed by atoms with Crippen LogP contribution in [0.1, 0.15) is 73.6 Å². The Morgan fingerprint density at radius 1 is 1.44 bits per heavy atom. The molecule has 2 nitrogen and oxygen atoms in total. The van der Waals surface area contributed by atoms with Gasteiger partial charge < -0.3 is 4.74 Å². The molecular weight excluding hydrogens is 224 g/mol. The molecule has 0 saturated carbocycles. The predicted octanol–water partition coefficient (Wildman–Crippen LogP) is 4.57. The van der Waals surface area contributed by atoms with E-state index in [1.165, 1.54) is 19.3 Å². The van der Waals surface area contributed by atoms with Gasteiger partial charge in [0.2, 0.25) is 0 Å². The molecule has 1 saturated heterocycles. The smallest absolute Gasteiger partial charge is 0.306 e. The van der Waals surface area contributed by atoms with Gasteiger partial charge in [-0.15, -0.1) is 0 Å². The van der Waals surface area contributed by atoms with E-state index >= 15 is 0 Å². The SMILES string of the molecule is CCCC[C@@](C)(C(C)C)[C@H]1CC(=O)O[C@]1(C)CC. The second-order valence-electron chi connectivity index (χ2n) is 6.66. The summed E-state index contributed by atoms with van der Waals surface area (Å²) < 4.78 is 5.65. The molecule has 0 aromatic rings. The highest BCUT2D eigenvalue weighted by Gasteiger charge is 2.53. The van der Waals surface area contributed by atoms with Crippen LogP contribution < -0.4 is 0 Å². The molecular formula is C16H30O2. The van der Waals surface area contributed by atoms with E-state index in [1.54, 1.807) is 0 Å². The van der Waals surface area contributed by atoms with Crippen LogP contribution in [0.5, 0.6) is 0 Å². The molecule has 0 aliphatic carbocycles. The normalized spacial score (nSPS) is 31.5. The number of cyclic esters (lactones) is 1. The molecule has 0 unspecified atom stereocenters. The molecule has 0 N–H and O–H groups in total. The Morgan fingerprint density at radius 3 is 2.50 bits per heavy atom. The zero-order chi connectivity index (χ0) is 14.0. The van der Waals surface area contributed by atoms with Crippen molar-refractivity contribution in [2.24, 2.45) is 17.3 Å². The Balaban J connectivity index is 3.01. The third-order valence-electron chi connectivity index (χ3n) is 5.34. The summed E-state index contributed by atoms with van der Waals surface area (Å²) in [5, 5.41) is 0. The van der Waals surface area contributed by atoms with Crippen molar-refractivity contribution in [3.05, 3.63) is 0 Å². The van der Waals surface area contributed by atoms with Gasteiger partial charge in [-0.3, -0.25) is 4.79 Å². The molecule has 2 heteroatoms. The summed E-state index contributed by atoms with van der Waals surface area (Å²) >= 11 is 0. The molecule has 1 heterocycles. The lowest BCUT2D eigenvalue weighted by molar-refractivity contribution is -0.150. The first-order valence-corrected chi connectivity index (χ1v) is 7.52. The van der Waals surface area contributed by atoms with Gasteiger partial charge in [-0.1, -0.05) is 47.5 Å². The van der Waals surface area contributed by atoms with Gasteiger partial charge in [0.05, 0.1) is 6.42 Å². The van der Waals surface area contributed by atoms with E-state index in [2.05, 4.69) is 41.5 Å². The second kappa shape index (κ2) is 5.63. The highest BCUT2D eigenvalue weighted by molar-refractivity contribution is 5.73. The third kappa shape index (κ3) is 2.73. The van der Waals surface area contributed by atoms with Crippen molar-refractivity contribution in [1.29, 1.82) is 0 Å². The summed E-state index contributed by atoms with van der Waals surface area (Å²) in [6.07, 6.45) is 5.16. The number of unbranched alkanes of at least 4 members (excludes halogenated alkanes) is 1. The number of carbonyl (C=O) groups is 1. The molecule has 0 spiro atoms. The van der Waals surface area contributed by atoms with Crippen LogP contribution in [-0.2, 0) is 9.53 Å². The Labute approximate surface area is 112 Å². The van der Waals surface area contributed by atoms with Gasteiger partial charge in [-0.05, 0) is 31.1 Å². The van der Waals surface area contributed by atoms with Gasteiger partial charge in [0, 0.05) is 5.92 Å². The van der Waals surface area contributed by atoms with Crippen LogP contribution in [-0.4, -0.2) is 11.6 Å². The fraction of sp³-hybridized carbons (Fsp3) is 0.938. The minimum Gasteiger partial charge on any atom is -0.459 e. The van der Waals surface area contributed by atoms with Crippen LogP contribution in [0.15, 0.2) is 0 Å². The zero-order valence-electron chi connectivity index (χ0n) is 13.0. The van der Waals surface area contributed by atoms with Crippen LogP contribution in [0.2, 0.25) is 0 Å². The first kappa shape index (κ1) is 15.5. The van der Waals surface area contributed by atoms with Crippen molar-refractivity contribution < 1.29 is 9.53 Å². The largest absolute Gasteiger partial charge is 0.459 e. The maximum Gasteiger partial charge on any atom is 0.306 e. The van der Waals surface area contributed by atoms with E-state index in [9.17, 15) is 4.79 Å². The van der Waals surface area contributed by atoms with E-state index in [0.717, 1.165) is 6.42 Å². The van der Waals surface area contributed by atoms with Crippen LogP contribution in [0.3, 0.4) is 0 Å². The average molecular weight is 254 g/mol. The molecule has 18 heavy (non-hydrogen) atoms. The van der Waals surface area contributed by atoms with Crippen molar-refractivity contribution in [2.45, 2.75) is 79.2 Å². The van der Waals surface area contributed by atoms with E-state index in [4.69, 9.17) is 4.74 Å². The lowest BCUT2D eigenvalue weighted by Crippen LogP contribution is -2.44. The van der Waals surface area contributed by atoms with E-state index < -0.39 is 0 Å². The van der Waals surface area contributed by atoms with Crippen molar-refractivity contribution in [2.75, 3.05) is 0 Å². The van der Waals surface area contributed by atoms with Gasteiger partial charge in [-0.2, -0.15) is 0 Å². The predicted molar refractivity (Wildman–Crippen MR) is 75.4 cm³/mol. The number of hydrogen-bond donors (Lipinski definition) is 0. The van der Waals surface area contributed by atoms with Crippen molar-refractivity contribution in [3.63, 3.8) is 0 Å². The first-order chi connectivity index (χ1) is 8.30. The zero-order valence-corrected chi connectivity index (χ0v) is 13.0. The number of esters is 1. The fourth-order valence-corrected chi connectivity index (χ4v) is 3.43. The fourth-order valence-electron chi connectivity index (χ4n) is 3.43. The maximum atomic E-state index is 11.7. The van der Waals surface area contributed by atoms with E-state index in [0.29, 0.717) is 18.3 Å². The number of carbonyl (C=O) groups excluding carboxylic acids is 1. The first-order valence-electron chi connectivity index (χ1n) is 7.52. The minimum atomic E-state index is -0.260. The molecule has 3 atom stereocenters. The van der Waals surface area contributed by atoms with Crippen LogP contribution >= 0.6 is 0 Å². The topological polar surface area (TPSA) is 26.3 Å². The average Bonchev–Trinajstić information content (AvgIpc) is 2.62. The minimum absolute atomic E-state index is 0.00674. The molecule has 0 aromatic heterocycles. The summed E-state index contributed by atoms with van der Waals surface area (Å²) in [5.41, 5.74) is -0.0588. The van der Waals surface area contributed by atoms with Crippen molar-refractivity contribution >= 4 is 5.97 Å². The van der Waals surface area contributed by atoms with Gasteiger partial charge >= 0.3 is 5.97 Å². The third-order valence-corrected chi connectivity index (χ3v) is 5.34. The Hall–Kier alpha value is -0.530. The Kier molecular flexibility index (Phi) is 4.85. The van der Waals surface area contributed by atoms with E-state index in [-0.39, 0.29) is 17.0 Å². The highest BCUT2D eigenvalue weighted by atomic mass is 16.6. The summed E-state index contributed by atoms with van der Waals surface area (Å²) in [7, 11) is 0. The van der Waals surface area contributed by atoms with E-state index in [1.807, 2.05) is 0 Å². The second-order valence-corrected chi connectivity index (χ2v) is 6.66. The molecule has 1 aliphatic heterocycles. The monoisotopic (exact) mass is 254 g/mol. The van der Waals surface area contributed by atoms with Crippen molar-refractivity contribution in [3.8, 4) is 0 Å². The molecule has 0 amide bonds. The number of hydrogen-bond acceptors (Lipinski definition) is 2. The molecule has 0 bridgehead atoms. The summed E-state index contributed by atoms with van der Waals surface area (Å²) in [5.74, 6) is 0.927. The van der Waals surface area contributed by atoms with Crippen molar-refractivity contribution in [1.82, 2.24) is 0 Å². The number of rotatable bonds is 6. The summed E-state index contributed by atoms with van der Waals surface area (Å²) in [6, 6.07) is 0. The number of ether oxygens (including phenoxy) is 1. The maximum absolute atomic E-state index is 11.7. The van der Waals surface area contributed by atoms with Crippen LogP contribution in [0.25, 0.3) is 0 Å². The quantitative estimate of drug-likeness (QED) is 0.649. The molecule has 1 fully saturated rings. The molecule has 106 valence electrons. The molecule has 1 rings (SSSR count). The lowest BCUT2D eigenvalue weighted by atomic mass is 9.60. The van der Waals surface area contributed by atoms with Gasteiger partial charge in [0.25, 0.3) is 0 Å². The highest BCUT2D eigenvalue weighted by Crippen LogP contribution is 2.52. The van der Waals surface area contributed by atoms with Gasteiger partial charge in [0.1, 0.15) is 5.60 Å².